The fraction of sp³-hybridized carbons (Fsp3) is 0.154. The number of hydrogen-bond donors (Lipinski definition) is 1. The van der Waals surface area contributed by atoms with E-state index in [0.29, 0.717) is 0 Å². The second kappa shape index (κ2) is 5.55. The summed E-state index contributed by atoms with van der Waals surface area (Å²) >= 11 is 11.5. The van der Waals surface area contributed by atoms with E-state index in [-0.39, 0.29) is 21.8 Å². The van der Waals surface area contributed by atoms with Gasteiger partial charge in [0.1, 0.15) is 0 Å². The molecule has 1 N–H and O–H groups in total. The zero-order valence-corrected chi connectivity index (χ0v) is 11.9. The lowest BCUT2D eigenvalue weighted by Gasteiger charge is -2.09. The Morgan fingerprint density at radius 2 is 1.89 bits per heavy atom. The summed E-state index contributed by atoms with van der Waals surface area (Å²) in [5.74, 6) is -0.365. The summed E-state index contributed by atoms with van der Waals surface area (Å²) in [6, 6.07) is 7.18. The van der Waals surface area contributed by atoms with Gasteiger partial charge in [-0.15, -0.1) is 10.2 Å². The van der Waals surface area contributed by atoms with Crippen molar-refractivity contribution < 1.29 is 4.79 Å². The lowest BCUT2D eigenvalue weighted by atomic mass is 10.1. The van der Waals surface area contributed by atoms with Crippen LogP contribution >= 0.6 is 23.2 Å². The number of amides is 1. The van der Waals surface area contributed by atoms with Gasteiger partial charge in [0.05, 0.1) is 5.56 Å². The van der Waals surface area contributed by atoms with Crippen LogP contribution in [0.4, 0.5) is 5.69 Å². The predicted octanol–water partition coefficient (Wildman–Crippen LogP) is 3.65. The average molecular weight is 296 g/mol. The fourth-order valence-electron chi connectivity index (χ4n) is 1.57. The second-order valence-electron chi connectivity index (χ2n) is 4.14. The van der Waals surface area contributed by atoms with Crippen LogP contribution < -0.4 is 5.32 Å². The molecule has 0 fully saturated rings. The number of nitrogens with zero attached hydrogens (tertiary/aromatic N) is 2. The lowest BCUT2D eigenvalue weighted by molar-refractivity contribution is 0.102. The van der Waals surface area contributed by atoms with Gasteiger partial charge in [0.2, 0.25) is 0 Å². The third-order valence-corrected chi connectivity index (χ3v) is 3.07. The molecule has 1 heterocycles. The number of carbonyl (C=O) groups is 1. The first kappa shape index (κ1) is 13.8. The molecule has 0 aliphatic rings. The molecule has 0 radical (unpaired) electrons. The van der Waals surface area contributed by atoms with E-state index in [1.165, 1.54) is 6.07 Å². The molecule has 0 aliphatic carbocycles. The molecule has 2 aromatic rings. The Morgan fingerprint density at radius 1 is 1.16 bits per heavy atom. The Balaban J connectivity index is 2.30. The third kappa shape index (κ3) is 3.22. The van der Waals surface area contributed by atoms with Crippen molar-refractivity contribution in [2.24, 2.45) is 0 Å². The molecule has 0 aliphatic heterocycles. The first-order chi connectivity index (χ1) is 8.97. The van der Waals surface area contributed by atoms with E-state index in [1.807, 2.05) is 32.0 Å². The van der Waals surface area contributed by atoms with Gasteiger partial charge in [-0.1, -0.05) is 35.3 Å². The predicted molar refractivity (Wildman–Crippen MR) is 75.9 cm³/mol. The van der Waals surface area contributed by atoms with E-state index in [1.54, 1.807) is 0 Å². The first-order valence-electron chi connectivity index (χ1n) is 5.54. The molecule has 0 atom stereocenters. The molecule has 0 saturated carbocycles. The molecule has 98 valence electrons. The number of carbonyl (C=O) groups excluding carboxylic acids is 1. The van der Waals surface area contributed by atoms with Gasteiger partial charge in [-0.2, -0.15) is 0 Å². The van der Waals surface area contributed by atoms with Crippen LogP contribution in [0.2, 0.25) is 10.3 Å². The number of benzene rings is 1. The highest BCUT2D eigenvalue weighted by atomic mass is 35.5. The van der Waals surface area contributed by atoms with Gasteiger partial charge < -0.3 is 5.32 Å². The summed E-state index contributed by atoms with van der Waals surface area (Å²) in [6.45, 7) is 3.86. The third-order valence-electron chi connectivity index (χ3n) is 2.60. The van der Waals surface area contributed by atoms with Crippen molar-refractivity contribution in [1.82, 2.24) is 10.2 Å². The first-order valence-corrected chi connectivity index (χ1v) is 6.30. The van der Waals surface area contributed by atoms with Crippen LogP contribution in [0, 0.1) is 13.8 Å². The fourth-order valence-corrected chi connectivity index (χ4v) is 1.90. The van der Waals surface area contributed by atoms with E-state index < -0.39 is 0 Å². The summed E-state index contributed by atoms with van der Waals surface area (Å²) in [6.07, 6.45) is 0. The maximum atomic E-state index is 12.1. The van der Waals surface area contributed by atoms with E-state index >= 15 is 0 Å². The molecule has 6 heteroatoms. The number of nitrogens with one attached hydrogen (secondary N) is 1. The molecular formula is C13H11Cl2N3O. The highest BCUT2D eigenvalue weighted by Crippen LogP contribution is 2.20. The number of rotatable bonds is 2. The summed E-state index contributed by atoms with van der Waals surface area (Å²) in [4.78, 5) is 12.1. The van der Waals surface area contributed by atoms with E-state index in [0.717, 1.165) is 16.8 Å². The number of halogens is 2. The van der Waals surface area contributed by atoms with Gasteiger partial charge in [-0.25, -0.2) is 0 Å². The molecule has 19 heavy (non-hydrogen) atoms. The van der Waals surface area contributed by atoms with Crippen molar-refractivity contribution in [2.45, 2.75) is 13.8 Å². The molecule has 1 amide bonds. The largest absolute Gasteiger partial charge is 0.322 e. The quantitative estimate of drug-likeness (QED) is 0.920. The number of hydrogen-bond acceptors (Lipinski definition) is 3. The molecule has 0 unspecified atom stereocenters. The lowest BCUT2D eigenvalue weighted by Crippen LogP contribution is -2.14. The van der Waals surface area contributed by atoms with Gasteiger partial charge in [-0.05, 0) is 37.1 Å². The monoisotopic (exact) mass is 295 g/mol. The topological polar surface area (TPSA) is 54.9 Å². The summed E-state index contributed by atoms with van der Waals surface area (Å²) in [5.41, 5.74) is 2.94. The van der Waals surface area contributed by atoms with Crippen LogP contribution in [0.1, 0.15) is 21.5 Å². The maximum Gasteiger partial charge on any atom is 0.258 e. The van der Waals surface area contributed by atoms with Crippen molar-refractivity contribution in [3.63, 3.8) is 0 Å². The summed E-state index contributed by atoms with van der Waals surface area (Å²) in [7, 11) is 0. The van der Waals surface area contributed by atoms with Crippen molar-refractivity contribution in [2.75, 3.05) is 5.32 Å². The zero-order chi connectivity index (χ0) is 14.0. The Kier molecular flexibility index (Phi) is 4.02. The molecule has 0 bridgehead atoms. The Bertz CT molecular complexity index is 644. The van der Waals surface area contributed by atoms with Crippen LogP contribution in [0.25, 0.3) is 0 Å². The van der Waals surface area contributed by atoms with E-state index in [4.69, 9.17) is 23.2 Å². The van der Waals surface area contributed by atoms with Gasteiger partial charge >= 0.3 is 0 Å². The number of aromatic nitrogens is 2. The van der Waals surface area contributed by atoms with Crippen LogP contribution in [0.5, 0.6) is 0 Å². The summed E-state index contributed by atoms with van der Waals surface area (Å²) in [5, 5.41) is 10.1. The molecule has 1 aromatic carbocycles. The second-order valence-corrected chi connectivity index (χ2v) is 4.89. The zero-order valence-electron chi connectivity index (χ0n) is 10.4. The van der Waals surface area contributed by atoms with Gasteiger partial charge in [0, 0.05) is 5.69 Å². The van der Waals surface area contributed by atoms with Crippen LogP contribution in [-0.2, 0) is 0 Å². The standard InChI is InChI=1S/C13H11Cl2N3O/c1-7-3-4-8(2)10(5-7)16-13(19)9-6-11(14)17-18-12(9)15/h3-6H,1-2H3,(H,16,19). The molecule has 1 aromatic heterocycles. The van der Waals surface area contributed by atoms with Gasteiger partial charge in [0.15, 0.2) is 10.3 Å². The Hall–Kier alpha value is -1.65. The molecule has 2 rings (SSSR count). The highest BCUT2D eigenvalue weighted by molar-refractivity contribution is 6.34. The number of aryl methyl sites for hydroxylation is 2. The Morgan fingerprint density at radius 3 is 2.63 bits per heavy atom. The van der Waals surface area contributed by atoms with Crippen LogP contribution in [0.15, 0.2) is 24.3 Å². The van der Waals surface area contributed by atoms with Gasteiger partial charge in [0.25, 0.3) is 5.91 Å². The highest BCUT2D eigenvalue weighted by Gasteiger charge is 2.14. The number of anilines is 1. The molecule has 0 spiro atoms. The minimum atomic E-state index is -0.365. The smallest absolute Gasteiger partial charge is 0.258 e. The van der Waals surface area contributed by atoms with Crippen molar-refractivity contribution in [3.05, 3.63) is 51.3 Å². The summed E-state index contributed by atoms with van der Waals surface area (Å²) < 4.78 is 0. The van der Waals surface area contributed by atoms with E-state index in [9.17, 15) is 4.79 Å². The molecular weight excluding hydrogens is 285 g/mol. The minimum Gasteiger partial charge on any atom is -0.322 e. The minimum absolute atomic E-state index is 0.0206. The SMILES string of the molecule is Cc1ccc(C)c(NC(=O)c2cc(Cl)nnc2Cl)c1. The Labute approximate surface area is 120 Å². The average Bonchev–Trinajstić information content (AvgIpc) is 2.36. The van der Waals surface area contributed by atoms with Crippen molar-refractivity contribution in [1.29, 1.82) is 0 Å². The van der Waals surface area contributed by atoms with Crippen molar-refractivity contribution >= 4 is 34.8 Å². The molecule has 4 nitrogen and oxygen atoms in total. The maximum absolute atomic E-state index is 12.1. The van der Waals surface area contributed by atoms with Crippen LogP contribution in [-0.4, -0.2) is 16.1 Å². The van der Waals surface area contributed by atoms with Crippen molar-refractivity contribution in [3.8, 4) is 0 Å². The van der Waals surface area contributed by atoms with Crippen LogP contribution in [0.3, 0.4) is 0 Å². The normalized spacial score (nSPS) is 10.3. The van der Waals surface area contributed by atoms with E-state index in [2.05, 4.69) is 15.5 Å². The molecule has 0 saturated heterocycles. The van der Waals surface area contributed by atoms with Gasteiger partial charge in [-0.3, -0.25) is 4.79 Å².